The minimum Gasteiger partial charge on any atom is -0.481 e. The molecule has 2 nitrogen and oxygen atoms in total. The third-order valence-corrected chi connectivity index (χ3v) is 4.04. The lowest BCUT2D eigenvalue weighted by molar-refractivity contribution is 0.371. The summed E-state index contributed by atoms with van der Waals surface area (Å²) in [7, 11) is 0. The van der Waals surface area contributed by atoms with Crippen LogP contribution in [0.3, 0.4) is 0 Å². The molecule has 0 saturated carbocycles. The Morgan fingerprint density at radius 1 is 1.19 bits per heavy atom. The topological polar surface area (TPSA) is 25.0 Å². The first-order valence-corrected chi connectivity index (χ1v) is 7.87. The molecule has 0 radical (unpaired) electrons. The highest BCUT2D eigenvalue weighted by Gasteiger charge is 2.13. The maximum atomic E-state index is 5.54. The fourth-order valence-electron chi connectivity index (χ4n) is 2.41. The van der Waals surface area contributed by atoms with E-state index in [1.54, 1.807) is 11.8 Å². The van der Waals surface area contributed by atoms with Crippen LogP contribution in [0.2, 0.25) is 0 Å². The molecule has 0 aliphatic rings. The molecule has 3 rings (SSSR count). The summed E-state index contributed by atoms with van der Waals surface area (Å²) >= 11 is 1.71. The quantitative estimate of drug-likeness (QED) is 0.563. The van der Waals surface area contributed by atoms with Gasteiger partial charge in [-0.1, -0.05) is 36.3 Å². The minimum absolute atomic E-state index is 0.284. The standard InChI is InChI=1S/C18H15NOS/c1-3-11-20-14-9-10-16-15(12-14)17(18(19-16)21-2)13-7-5-4-6-8-13/h1,4-10,12,19H,11H2,2H3. The molecular formula is C18H15NOS. The molecule has 0 fully saturated rings. The summed E-state index contributed by atoms with van der Waals surface area (Å²) < 4.78 is 5.54. The fraction of sp³-hybridized carbons (Fsp3) is 0.111. The van der Waals surface area contributed by atoms with Crippen molar-refractivity contribution in [2.75, 3.05) is 12.9 Å². The van der Waals surface area contributed by atoms with Gasteiger partial charge in [-0.15, -0.1) is 18.2 Å². The van der Waals surface area contributed by atoms with Crippen LogP contribution < -0.4 is 4.74 Å². The van der Waals surface area contributed by atoms with Gasteiger partial charge in [-0.25, -0.2) is 0 Å². The molecule has 0 aliphatic heterocycles. The monoisotopic (exact) mass is 293 g/mol. The molecule has 3 aromatic rings. The number of rotatable bonds is 4. The second-order valence-corrected chi connectivity index (χ2v) is 5.42. The van der Waals surface area contributed by atoms with E-state index in [0.717, 1.165) is 21.7 Å². The Bertz CT molecular complexity index is 799. The van der Waals surface area contributed by atoms with Gasteiger partial charge in [0.1, 0.15) is 12.4 Å². The normalized spacial score (nSPS) is 10.5. The van der Waals surface area contributed by atoms with Crippen molar-refractivity contribution in [2.45, 2.75) is 5.03 Å². The zero-order valence-electron chi connectivity index (χ0n) is 11.7. The Kier molecular flexibility index (Phi) is 3.89. The number of terminal acetylenes is 1. The zero-order chi connectivity index (χ0) is 14.7. The van der Waals surface area contributed by atoms with Gasteiger partial charge in [0, 0.05) is 16.5 Å². The number of aromatic nitrogens is 1. The molecule has 2 aromatic carbocycles. The van der Waals surface area contributed by atoms with Crippen molar-refractivity contribution in [3.05, 3.63) is 48.5 Å². The van der Waals surface area contributed by atoms with Gasteiger partial charge >= 0.3 is 0 Å². The molecule has 0 spiro atoms. The van der Waals surface area contributed by atoms with Crippen LogP contribution in [0.5, 0.6) is 5.75 Å². The maximum Gasteiger partial charge on any atom is 0.148 e. The summed E-state index contributed by atoms with van der Waals surface area (Å²) in [5, 5.41) is 2.31. The number of hydrogen-bond donors (Lipinski definition) is 1. The highest BCUT2D eigenvalue weighted by atomic mass is 32.2. The van der Waals surface area contributed by atoms with E-state index in [-0.39, 0.29) is 6.61 Å². The zero-order valence-corrected chi connectivity index (χ0v) is 12.5. The molecule has 104 valence electrons. The van der Waals surface area contributed by atoms with E-state index in [1.165, 1.54) is 11.1 Å². The molecule has 21 heavy (non-hydrogen) atoms. The van der Waals surface area contributed by atoms with Crippen molar-refractivity contribution in [1.29, 1.82) is 0 Å². The number of ether oxygens (including phenoxy) is 1. The summed E-state index contributed by atoms with van der Waals surface area (Å²) in [6.07, 6.45) is 7.33. The molecule has 0 atom stereocenters. The minimum atomic E-state index is 0.284. The third kappa shape index (κ3) is 2.63. The van der Waals surface area contributed by atoms with Gasteiger partial charge in [0.2, 0.25) is 0 Å². The van der Waals surface area contributed by atoms with Crippen molar-refractivity contribution < 1.29 is 4.74 Å². The Labute approximate surface area is 128 Å². The van der Waals surface area contributed by atoms with E-state index in [9.17, 15) is 0 Å². The van der Waals surface area contributed by atoms with Crippen LogP contribution in [-0.4, -0.2) is 17.8 Å². The second kappa shape index (κ2) is 5.99. The number of thioether (sulfide) groups is 1. The van der Waals surface area contributed by atoms with Gasteiger partial charge < -0.3 is 9.72 Å². The van der Waals surface area contributed by atoms with Crippen LogP contribution in [0.4, 0.5) is 0 Å². The number of benzene rings is 2. The van der Waals surface area contributed by atoms with Crippen molar-refractivity contribution in [1.82, 2.24) is 4.98 Å². The molecule has 0 aliphatic carbocycles. The van der Waals surface area contributed by atoms with Gasteiger partial charge in [-0.3, -0.25) is 0 Å². The fourth-order valence-corrected chi connectivity index (χ4v) is 3.05. The largest absolute Gasteiger partial charge is 0.481 e. The van der Waals surface area contributed by atoms with Crippen LogP contribution >= 0.6 is 11.8 Å². The SMILES string of the molecule is C#CCOc1ccc2[nH]c(SC)c(-c3ccccc3)c2c1. The lowest BCUT2D eigenvalue weighted by Gasteiger charge is -2.05. The highest BCUT2D eigenvalue weighted by molar-refractivity contribution is 7.98. The van der Waals surface area contributed by atoms with Crippen molar-refractivity contribution in [3.8, 4) is 29.2 Å². The van der Waals surface area contributed by atoms with Gasteiger partial charge in [0.25, 0.3) is 0 Å². The van der Waals surface area contributed by atoms with Crippen molar-refractivity contribution in [2.24, 2.45) is 0 Å². The van der Waals surface area contributed by atoms with E-state index in [4.69, 9.17) is 11.2 Å². The predicted molar refractivity (Wildman–Crippen MR) is 89.8 cm³/mol. The van der Waals surface area contributed by atoms with E-state index in [2.05, 4.69) is 41.4 Å². The summed E-state index contributed by atoms with van der Waals surface area (Å²) in [5.74, 6) is 3.29. The summed E-state index contributed by atoms with van der Waals surface area (Å²) in [5.41, 5.74) is 3.51. The third-order valence-electron chi connectivity index (χ3n) is 3.32. The number of hydrogen-bond acceptors (Lipinski definition) is 2. The lowest BCUT2D eigenvalue weighted by Crippen LogP contribution is -1.92. The van der Waals surface area contributed by atoms with E-state index in [1.807, 2.05) is 24.3 Å². The Hall–Kier alpha value is -2.31. The molecule has 1 aromatic heterocycles. The number of H-pyrrole nitrogens is 1. The Morgan fingerprint density at radius 2 is 2.00 bits per heavy atom. The number of fused-ring (bicyclic) bond motifs is 1. The molecule has 1 heterocycles. The van der Waals surface area contributed by atoms with Crippen LogP contribution in [-0.2, 0) is 0 Å². The van der Waals surface area contributed by atoms with E-state index < -0.39 is 0 Å². The molecular weight excluding hydrogens is 278 g/mol. The number of aromatic amines is 1. The Morgan fingerprint density at radius 3 is 2.71 bits per heavy atom. The van der Waals surface area contributed by atoms with Crippen LogP contribution in [0, 0.1) is 12.3 Å². The predicted octanol–water partition coefficient (Wildman–Crippen LogP) is 4.57. The first kappa shape index (κ1) is 13.7. The first-order valence-electron chi connectivity index (χ1n) is 6.65. The molecule has 0 bridgehead atoms. The molecule has 0 amide bonds. The van der Waals surface area contributed by atoms with Crippen molar-refractivity contribution in [3.63, 3.8) is 0 Å². The van der Waals surface area contributed by atoms with Gasteiger partial charge in [0.05, 0.1) is 5.03 Å². The highest BCUT2D eigenvalue weighted by Crippen LogP contribution is 2.38. The van der Waals surface area contributed by atoms with E-state index >= 15 is 0 Å². The van der Waals surface area contributed by atoms with Crippen LogP contribution in [0.15, 0.2) is 53.6 Å². The summed E-state index contributed by atoms with van der Waals surface area (Å²) in [6.45, 7) is 0.284. The van der Waals surface area contributed by atoms with Gasteiger partial charge in [-0.05, 0) is 30.0 Å². The molecule has 0 saturated heterocycles. The molecule has 1 N–H and O–H groups in total. The Balaban J connectivity index is 2.18. The van der Waals surface area contributed by atoms with Crippen molar-refractivity contribution >= 4 is 22.7 Å². The van der Waals surface area contributed by atoms with Crippen LogP contribution in [0.25, 0.3) is 22.0 Å². The van der Waals surface area contributed by atoms with Crippen LogP contribution in [0.1, 0.15) is 0 Å². The molecule has 0 unspecified atom stereocenters. The smallest absolute Gasteiger partial charge is 0.148 e. The van der Waals surface area contributed by atoms with Gasteiger partial charge in [0.15, 0.2) is 0 Å². The van der Waals surface area contributed by atoms with Gasteiger partial charge in [-0.2, -0.15) is 0 Å². The van der Waals surface area contributed by atoms with E-state index in [0.29, 0.717) is 0 Å². The maximum absolute atomic E-state index is 5.54. The average Bonchev–Trinajstić information content (AvgIpc) is 2.91. The molecule has 3 heteroatoms. The second-order valence-electron chi connectivity index (χ2n) is 4.60. The average molecular weight is 293 g/mol. The summed E-state index contributed by atoms with van der Waals surface area (Å²) in [6, 6.07) is 16.4. The first-order chi connectivity index (χ1) is 10.3. The lowest BCUT2D eigenvalue weighted by atomic mass is 10.0. The number of nitrogens with one attached hydrogen (secondary N) is 1. The summed E-state index contributed by atoms with van der Waals surface area (Å²) in [4.78, 5) is 3.46.